The monoisotopic (exact) mass is 660 g/mol. The van der Waals surface area contributed by atoms with Crippen LogP contribution in [0.5, 0.6) is 0 Å². The Kier molecular flexibility index (Phi) is 14.5. The first-order chi connectivity index (χ1) is 19.0. The highest BCUT2D eigenvalue weighted by Gasteiger charge is 2.44. The van der Waals surface area contributed by atoms with E-state index in [1.165, 1.54) is 6.92 Å². The van der Waals surface area contributed by atoms with Crippen molar-refractivity contribution in [1.29, 1.82) is 0 Å². The lowest BCUT2D eigenvalue weighted by Gasteiger charge is -2.30. The van der Waals surface area contributed by atoms with Crippen LogP contribution in [0.2, 0.25) is 0 Å². The van der Waals surface area contributed by atoms with E-state index < -0.39 is 67.4 Å². The Morgan fingerprint density at radius 3 is 1.98 bits per heavy atom. The van der Waals surface area contributed by atoms with Crippen LogP contribution in [0.25, 0.3) is 0 Å². The summed E-state index contributed by atoms with van der Waals surface area (Å²) in [6, 6.07) is 9.20. The van der Waals surface area contributed by atoms with Crippen LogP contribution in [0, 0.1) is 10.8 Å². The molecule has 2 atom stereocenters. The van der Waals surface area contributed by atoms with Gasteiger partial charge in [-0.2, -0.15) is 17.6 Å². The van der Waals surface area contributed by atoms with Crippen LogP contribution in [-0.2, 0) is 42.8 Å². The van der Waals surface area contributed by atoms with E-state index >= 15 is 0 Å². The second-order valence-electron chi connectivity index (χ2n) is 9.78. The Bertz CT molecular complexity index is 1010. The first-order valence-corrected chi connectivity index (χ1v) is 13.2. The number of halogens is 5. The molecule has 0 amide bonds. The summed E-state index contributed by atoms with van der Waals surface area (Å²) in [7, 11) is 0. The van der Waals surface area contributed by atoms with Gasteiger partial charge in [-0.25, -0.2) is 4.79 Å². The van der Waals surface area contributed by atoms with Gasteiger partial charge in [0.1, 0.15) is 18.6 Å². The zero-order valence-electron chi connectivity index (χ0n) is 23.0. The third-order valence-electron chi connectivity index (χ3n) is 5.37. The molecule has 0 bridgehead atoms. The van der Waals surface area contributed by atoms with Crippen LogP contribution in [0.3, 0.4) is 0 Å². The lowest BCUT2D eigenvalue weighted by Crippen LogP contribution is -2.43. The van der Waals surface area contributed by atoms with E-state index in [0.29, 0.717) is 0 Å². The van der Waals surface area contributed by atoms with Crippen molar-refractivity contribution < 1.29 is 65.2 Å². The van der Waals surface area contributed by atoms with Gasteiger partial charge in [-0.15, -0.1) is 0 Å². The van der Waals surface area contributed by atoms with E-state index in [2.05, 4.69) is 30.1 Å². The minimum atomic E-state index is -4.52. The molecular weight excluding hydrogens is 628 g/mol. The molecule has 0 saturated heterocycles. The summed E-state index contributed by atoms with van der Waals surface area (Å²) >= 11 is 3.52. The molecule has 0 aliphatic rings. The molecule has 10 nitrogen and oxygen atoms in total. The predicted octanol–water partition coefficient (Wildman–Crippen LogP) is 5.57. The number of hydrogen-bond donors (Lipinski definition) is 0. The Balaban J connectivity index is 2.88. The number of alkyl halides is 5. The third kappa shape index (κ3) is 14.0. The first kappa shape index (κ1) is 36.1. The minimum Gasteiger partial charge on any atom is -0.466 e. The Hall–Kier alpha value is -2.94. The molecule has 0 aromatic heterocycles. The van der Waals surface area contributed by atoms with Crippen LogP contribution in [0.15, 0.2) is 30.3 Å². The highest BCUT2D eigenvalue weighted by atomic mass is 79.9. The van der Waals surface area contributed by atoms with Gasteiger partial charge in [-0.3, -0.25) is 19.1 Å². The van der Waals surface area contributed by atoms with E-state index in [1.807, 2.05) is 30.3 Å². The van der Waals surface area contributed by atoms with Gasteiger partial charge >= 0.3 is 36.8 Å². The fourth-order valence-electron chi connectivity index (χ4n) is 3.07. The van der Waals surface area contributed by atoms with Crippen molar-refractivity contribution in [3.8, 4) is 0 Å². The molecule has 41 heavy (non-hydrogen) atoms. The first-order valence-electron chi connectivity index (χ1n) is 12.3. The maximum atomic E-state index is 13.5. The molecule has 0 fully saturated rings. The van der Waals surface area contributed by atoms with Gasteiger partial charge in [0.2, 0.25) is 0 Å². The maximum Gasteiger partial charge on any atom is 0.508 e. The van der Waals surface area contributed by atoms with Crippen molar-refractivity contribution in [3.63, 3.8) is 0 Å². The third-order valence-corrected chi connectivity index (χ3v) is 6.23. The molecule has 0 aliphatic carbocycles. The zero-order chi connectivity index (χ0) is 31.3. The summed E-state index contributed by atoms with van der Waals surface area (Å²) in [6.45, 7) is -2.15. The highest BCUT2D eigenvalue weighted by molar-refractivity contribution is 9.09. The number of benzene rings is 1. The second-order valence-corrected chi connectivity index (χ2v) is 10.9. The minimum absolute atomic E-state index is 0.0349. The van der Waals surface area contributed by atoms with Gasteiger partial charge < -0.3 is 23.7 Å². The summed E-state index contributed by atoms with van der Waals surface area (Å²) in [4.78, 5) is 48.1. The van der Waals surface area contributed by atoms with Crippen LogP contribution in [-0.4, -0.2) is 69.8 Å². The van der Waals surface area contributed by atoms with Gasteiger partial charge in [-0.05, 0) is 32.8 Å². The Morgan fingerprint density at radius 2 is 1.39 bits per heavy atom. The molecule has 0 radical (unpaired) electrons. The average Bonchev–Trinajstić information content (AvgIpc) is 2.88. The van der Waals surface area contributed by atoms with Crippen molar-refractivity contribution >= 4 is 40.0 Å². The number of ether oxygens (including phenoxy) is 6. The summed E-state index contributed by atoms with van der Waals surface area (Å²) in [6.07, 6.45) is -5.38. The predicted molar refractivity (Wildman–Crippen MR) is 137 cm³/mol. The Morgan fingerprint density at radius 1 is 0.829 bits per heavy atom. The molecule has 1 rings (SSSR count). The smallest absolute Gasteiger partial charge is 0.466 e. The van der Waals surface area contributed by atoms with E-state index in [9.17, 15) is 36.7 Å². The van der Waals surface area contributed by atoms with Gasteiger partial charge in [0.05, 0.1) is 18.6 Å². The van der Waals surface area contributed by atoms with Crippen LogP contribution >= 0.6 is 15.9 Å². The Labute approximate surface area is 243 Å². The van der Waals surface area contributed by atoms with Crippen LogP contribution < -0.4 is 0 Å². The number of carbonyl (C=O) groups excluding carboxylic acids is 4. The zero-order valence-corrected chi connectivity index (χ0v) is 24.5. The number of esters is 3. The lowest BCUT2D eigenvalue weighted by molar-refractivity contribution is -0.331. The van der Waals surface area contributed by atoms with E-state index in [-0.39, 0.29) is 30.9 Å². The molecule has 2 unspecified atom stereocenters. The molecule has 1 aromatic rings. The summed E-state index contributed by atoms with van der Waals surface area (Å²) < 4.78 is 78.7. The highest BCUT2D eigenvalue weighted by Crippen LogP contribution is 2.37. The molecule has 0 spiro atoms. The quantitative estimate of drug-likeness (QED) is 0.0689. The van der Waals surface area contributed by atoms with Gasteiger partial charge in [0, 0.05) is 18.2 Å². The second kappa shape index (κ2) is 16.5. The molecule has 1 aromatic carbocycles. The van der Waals surface area contributed by atoms with Crippen molar-refractivity contribution in [3.05, 3.63) is 35.9 Å². The molecule has 232 valence electrons. The largest absolute Gasteiger partial charge is 0.508 e. The van der Waals surface area contributed by atoms with E-state index in [0.717, 1.165) is 12.5 Å². The SMILES string of the molecule is CC(=O)OCCCOC(=O)OCC(C)(COC(=O)C(C)(C)CC(Br)c1ccccc1)C(=O)OCC(F)(F)OC(F)F. The molecular formula is C26H33BrF4O10. The fourth-order valence-corrected chi connectivity index (χ4v) is 4.18. The van der Waals surface area contributed by atoms with Crippen LogP contribution in [0.1, 0.15) is 50.9 Å². The maximum absolute atomic E-state index is 13.5. The molecule has 0 aliphatic heterocycles. The van der Waals surface area contributed by atoms with Crippen molar-refractivity contribution in [1.82, 2.24) is 0 Å². The topological polar surface area (TPSA) is 124 Å². The number of carbonyl (C=O) groups is 4. The molecule has 0 N–H and O–H groups in total. The standard InChI is InChI=1S/C26H33BrF4O10/c1-17(32)36-11-8-12-37-23(35)40-15-25(4,21(34)39-16-26(30,31)41-22(28)29)14-38-20(33)24(2,3)13-19(27)18-9-6-5-7-10-18/h5-7,9-10,19,22H,8,11-16H2,1-4H3. The summed E-state index contributed by atoms with van der Waals surface area (Å²) in [5.41, 5.74) is -2.25. The summed E-state index contributed by atoms with van der Waals surface area (Å²) in [5.74, 6) is -2.75. The molecule has 15 heteroatoms. The van der Waals surface area contributed by atoms with Gasteiger partial charge in [0.15, 0.2) is 6.61 Å². The number of hydrogen-bond acceptors (Lipinski definition) is 10. The van der Waals surface area contributed by atoms with Gasteiger partial charge in [-0.1, -0.05) is 46.3 Å². The van der Waals surface area contributed by atoms with E-state index in [4.69, 9.17) is 14.2 Å². The molecule has 0 saturated carbocycles. The van der Waals surface area contributed by atoms with Crippen molar-refractivity contribution in [2.24, 2.45) is 10.8 Å². The van der Waals surface area contributed by atoms with Crippen molar-refractivity contribution in [2.45, 2.75) is 58.1 Å². The van der Waals surface area contributed by atoms with Crippen LogP contribution in [0.4, 0.5) is 22.4 Å². The summed E-state index contributed by atoms with van der Waals surface area (Å²) in [5, 5.41) is 0. The van der Waals surface area contributed by atoms with Crippen molar-refractivity contribution in [2.75, 3.05) is 33.0 Å². The van der Waals surface area contributed by atoms with E-state index in [1.54, 1.807) is 13.8 Å². The normalized spacial score (nSPS) is 14.0. The molecule has 0 heterocycles. The van der Waals surface area contributed by atoms with Gasteiger partial charge in [0.25, 0.3) is 0 Å². The number of rotatable bonds is 17. The fraction of sp³-hybridized carbons (Fsp3) is 0.615. The lowest BCUT2D eigenvalue weighted by atomic mass is 9.86. The average molecular weight is 661 g/mol.